The summed E-state index contributed by atoms with van der Waals surface area (Å²) in [6.45, 7) is 2.33. The summed E-state index contributed by atoms with van der Waals surface area (Å²) < 4.78 is 18.9. The van der Waals surface area contributed by atoms with Crippen LogP contribution in [0.15, 0.2) is 24.3 Å². The molecule has 1 heterocycles. The molecule has 0 spiro atoms. The van der Waals surface area contributed by atoms with Crippen LogP contribution < -0.4 is 5.32 Å². The standard InChI is InChI=1S/C12H16FNO/c13-12-6-2-1-4-10(12)9-15-11-5-3-7-14-8-11/h1-2,4,6,11,14H,3,5,7-9H2/t11-/m0/s1. The summed E-state index contributed by atoms with van der Waals surface area (Å²) in [4.78, 5) is 0. The number of hydrogen-bond acceptors (Lipinski definition) is 2. The molecule has 0 saturated carbocycles. The maximum Gasteiger partial charge on any atom is 0.128 e. The summed E-state index contributed by atoms with van der Waals surface area (Å²) in [7, 11) is 0. The summed E-state index contributed by atoms with van der Waals surface area (Å²) in [5.41, 5.74) is 0.642. The third-order valence-corrected chi connectivity index (χ3v) is 2.68. The molecule has 0 aromatic heterocycles. The van der Waals surface area contributed by atoms with Gasteiger partial charge in [-0.25, -0.2) is 4.39 Å². The fourth-order valence-electron chi connectivity index (χ4n) is 1.79. The van der Waals surface area contributed by atoms with E-state index in [9.17, 15) is 4.39 Å². The Morgan fingerprint density at radius 1 is 1.40 bits per heavy atom. The van der Waals surface area contributed by atoms with E-state index in [-0.39, 0.29) is 11.9 Å². The SMILES string of the molecule is Fc1ccccc1CO[C@H]1CCCNC1. The first kappa shape index (κ1) is 10.6. The number of piperidine rings is 1. The predicted molar refractivity (Wildman–Crippen MR) is 57.1 cm³/mol. The van der Waals surface area contributed by atoms with Crippen molar-refractivity contribution >= 4 is 0 Å². The Labute approximate surface area is 89.4 Å². The molecule has 0 amide bonds. The van der Waals surface area contributed by atoms with Crippen LogP contribution in [0.2, 0.25) is 0 Å². The van der Waals surface area contributed by atoms with E-state index in [1.54, 1.807) is 12.1 Å². The van der Waals surface area contributed by atoms with Crippen molar-refractivity contribution in [2.45, 2.75) is 25.6 Å². The highest BCUT2D eigenvalue weighted by atomic mass is 19.1. The van der Waals surface area contributed by atoms with Crippen molar-refractivity contribution in [3.63, 3.8) is 0 Å². The lowest BCUT2D eigenvalue weighted by molar-refractivity contribution is 0.0239. The highest BCUT2D eigenvalue weighted by Crippen LogP contribution is 2.12. The molecular weight excluding hydrogens is 193 g/mol. The number of hydrogen-bond donors (Lipinski definition) is 1. The Kier molecular flexibility index (Phi) is 3.69. The Bertz CT molecular complexity index is 310. The van der Waals surface area contributed by atoms with E-state index in [4.69, 9.17) is 4.74 Å². The van der Waals surface area contributed by atoms with Crippen molar-refractivity contribution in [1.82, 2.24) is 5.32 Å². The van der Waals surface area contributed by atoms with Gasteiger partial charge in [0.1, 0.15) is 5.82 Å². The second-order valence-corrected chi connectivity index (χ2v) is 3.87. The van der Waals surface area contributed by atoms with E-state index in [1.807, 2.05) is 6.07 Å². The molecule has 1 aromatic carbocycles. The minimum Gasteiger partial charge on any atom is -0.372 e. The number of ether oxygens (including phenoxy) is 1. The summed E-state index contributed by atoms with van der Waals surface area (Å²) >= 11 is 0. The molecule has 0 bridgehead atoms. The molecule has 0 unspecified atom stereocenters. The smallest absolute Gasteiger partial charge is 0.128 e. The number of nitrogens with one attached hydrogen (secondary N) is 1. The molecule has 1 N–H and O–H groups in total. The molecule has 1 fully saturated rings. The largest absolute Gasteiger partial charge is 0.372 e. The molecule has 1 saturated heterocycles. The lowest BCUT2D eigenvalue weighted by Crippen LogP contribution is -2.35. The second kappa shape index (κ2) is 5.24. The van der Waals surface area contributed by atoms with Crippen molar-refractivity contribution < 1.29 is 9.13 Å². The van der Waals surface area contributed by atoms with Crippen molar-refractivity contribution in [2.24, 2.45) is 0 Å². The number of halogens is 1. The lowest BCUT2D eigenvalue weighted by Gasteiger charge is -2.23. The van der Waals surface area contributed by atoms with Gasteiger partial charge in [-0.1, -0.05) is 18.2 Å². The predicted octanol–water partition coefficient (Wildman–Crippen LogP) is 2.09. The van der Waals surface area contributed by atoms with Crippen LogP contribution in [0, 0.1) is 5.82 Å². The van der Waals surface area contributed by atoms with E-state index >= 15 is 0 Å². The molecule has 3 heteroatoms. The minimum atomic E-state index is -0.179. The highest BCUT2D eigenvalue weighted by Gasteiger charge is 2.13. The van der Waals surface area contributed by atoms with Crippen molar-refractivity contribution in [3.05, 3.63) is 35.6 Å². The van der Waals surface area contributed by atoms with E-state index in [0.29, 0.717) is 12.2 Å². The van der Waals surface area contributed by atoms with Crippen LogP contribution in [0.3, 0.4) is 0 Å². The third-order valence-electron chi connectivity index (χ3n) is 2.68. The molecule has 2 nitrogen and oxygen atoms in total. The van der Waals surface area contributed by atoms with Gasteiger partial charge in [-0.3, -0.25) is 0 Å². The molecule has 1 aliphatic heterocycles. The average Bonchev–Trinajstić information content (AvgIpc) is 2.29. The zero-order valence-corrected chi connectivity index (χ0v) is 8.71. The zero-order valence-electron chi connectivity index (χ0n) is 8.71. The van der Waals surface area contributed by atoms with Crippen LogP contribution in [-0.4, -0.2) is 19.2 Å². The fourth-order valence-corrected chi connectivity index (χ4v) is 1.79. The van der Waals surface area contributed by atoms with Crippen LogP contribution in [0.5, 0.6) is 0 Å². The Morgan fingerprint density at radius 3 is 3.00 bits per heavy atom. The summed E-state index contributed by atoms with van der Waals surface area (Å²) in [5, 5.41) is 3.27. The number of rotatable bonds is 3. The topological polar surface area (TPSA) is 21.3 Å². The van der Waals surface area contributed by atoms with Crippen LogP contribution in [0.1, 0.15) is 18.4 Å². The lowest BCUT2D eigenvalue weighted by atomic mass is 10.1. The van der Waals surface area contributed by atoms with E-state index in [0.717, 1.165) is 25.9 Å². The van der Waals surface area contributed by atoms with E-state index in [2.05, 4.69) is 5.32 Å². The Morgan fingerprint density at radius 2 is 2.27 bits per heavy atom. The van der Waals surface area contributed by atoms with Gasteiger partial charge in [-0.05, 0) is 25.5 Å². The molecule has 1 aromatic rings. The molecule has 0 radical (unpaired) electrons. The quantitative estimate of drug-likeness (QED) is 0.823. The molecular formula is C12H16FNO. The van der Waals surface area contributed by atoms with Gasteiger partial charge in [0, 0.05) is 12.1 Å². The average molecular weight is 209 g/mol. The third kappa shape index (κ3) is 3.01. The van der Waals surface area contributed by atoms with Crippen molar-refractivity contribution in [2.75, 3.05) is 13.1 Å². The van der Waals surface area contributed by atoms with E-state index in [1.165, 1.54) is 6.07 Å². The van der Waals surface area contributed by atoms with Gasteiger partial charge in [-0.2, -0.15) is 0 Å². The molecule has 82 valence electrons. The minimum absolute atomic E-state index is 0.179. The van der Waals surface area contributed by atoms with Crippen LogP contribution in [0.4, 0.5) is 4.39 Å². The highest BCUT2D eigenvalue weighted by molar-refractivity contribution is 5.16. The van der Waals surface area contributed by atoms with Crippen molar-refractivity contribution in [1.29, 1.82) is 0 Å². The second-order valence-electron chi connectivity index (χ2n) is 3.87. The normalized spacial score (nSPS) is 21.5. The molecule has 1 atom stereocenters. The van der Waals surface area contributed by atoms with Crippen LogP contribution >= 0.6 is 0 Å². The maximum atomic E-state index is 13.2. The van der Waals surface area contributed by atoms with Gasteiger partial charge in [0.25, 0.3) is 0 Å². The summed E-state index contributed by atoms with van der Waals surface area (Å²) in [6.07, 6.45) is 2.45. The molecule has 1 aliphatic rings. The fraction of sp³-hybridized carbons (Fsp3) is 0.500. The van der Waals surface area contributed by atoms with Gasteiger partial charge in [0.05, 0.1) is 12.7 Å². The Hall–Kier alpha value is -0.930. The molecule has 15 heavy (non-hydrogen) atoms. The van der Waals surface area contributed by atoms with Crippen LogP contribution in [-0.2, 0) is 11.3 Å². The van der Waals surface area contributed by atoms with E-state index < -0.39 is 0 Å². The molecule has 0 aliphatic carbocycles. The monoisotopic (exact) mass is 209 g/mol. The summed E-state index contributed by atoms with van der Waals surface area (Å²) in [5.74, 6) is -0.179. The van der Waals surface area contributed by atoms with Gasteiger partial charge in [0.2, 0.25) is 0 Å². The maximum absolute atomic E-state index is 13.2. The van der Waals surface area contributed by atoms with Crippen LogP contribution in [0.25, 0.3) is 0 Å². The first-order valence-corrected chi connectivity index (χ1v) is 5.42. The van der Waals surface area contributed by atoms with Gasteiger partial charge in [0.15, 0.2) is 0 Å². The first-order valence-electron chi connectivity index (χ1n) is 5.42. The molecule has 2 rings (SSSR count). The summed E-state index contributed by atoms with van der Waals surface area (Å²) in [6, 6.07) is 6.77. The first-order chi connectivity index (χ1) is 7.36. The number of benzene rings is 1. The van der Waals surface area contributed by atoms with Gasteiger partial charge >= 0.3 is 0 Å². The Balaban J connectivity index is 1.84. The zero-order chi connectivity index (χ0) is 10.5. The van der Waals surface area contributed by atoms with Crippen molar-refractivity contribution in [3.8, 4) is 0 Å². The van der Waals surface area contributed by atoms with Gasteiger partial charge in [-0.15, -0.1) is 0 Å². The van der Waals surface area contributed by atoms with Gasteiger partial charge < -0.3 is 10.1 Å².